The lowest BCUT2D eigenvalue weighted by atomic mass is 10.1. The van der Waals surface area contributed by atoms with Crippen LogP contribution < -0.4 is 14.4 Å². The van der Waals surface area contributed by atoms with E-state index in [2.05, 4.69) is 5.32 Å². The van der Waals surface area contributed by atoms with Gasteiger partial charge in [0, 0.05) is 22.6 Å². The fourth-order valence-corrected chi connectivity index (χ4v) is 5.72. The number of anilines is 1. The Morgan fingerprint density at radius 3 is 2.15 bits per heavy atom. The van der Waals surface area contributed by atoms with Crippen LogP contribution >= 0.6 is 23.2 Å². The standard InChI is InChI=1S/C29H33Cl2N3O5S/c1-5-20(2)32-29(36)21(3)33(18-22-8-6-9-23(30)16-22)28(35)19-34(25-11-7-10-24(31)17-25)40(37,38)27-14-12-26(39-4)13-15-27/h6-17,20-21H,5,18-19H2,1-4H3,(H,32,36). The number of benzene rings is 3. The molecule has 0 bridgehead atoms. The zero-order chi connectivity index (χ0) is 29.4. The van der Waals surface area contributed by atoms with E-state index in [0.717, 1.165) is 4.31 Å². The Morgan fingerprint density at radius 1 is 0.950 bits per heavy atom. The third kappa shape index (κ3) is 7.90. The zero-order valence-corrected chi connectivity index (χ0v) is 25.1. The van der Waals surface area contributed by atoms with Crippen LogP contribution in [0.4, 0.5) is 5.69 Å². The molecule has 0 aliphatic carbocycles. The van der Waals surface area contributed by atoms with Crippen LogP contribution in [0.25, 0.3) is 0 Å². The van der Waals surface area contributed by atoms with Crippen LogP contribution in [0, 0.1) is 0 Å². The molecule has 0 spiro atoms. The molecule has 2 amide bonds. The maximum absolute atomic E-state index is 13.9. The van der Waals surface area contributed by atoms with E-state index in [1.165, 1.54) is 42.3 Å². The molecule has 0 heterocycles. The fraction of sp³-hybridized carbons (Fsp3) is 0.310. The van der Waals surface area contributed by atoms with E-state index in [9.17, 15) is 18.0 Å². The van der Waals surface area contributed by atoms with E-state index in [-0.39, 0.29) is 29.1 Å². The lowest BCUT2D eigenvalue weighted by Crippen LogP contribution is -2.52. The minimum Gasteiger partial charge on any atom is -0.497 e. The first-order chi connectivity index (χ1) is 19.0. The highest BCUT2D eigenvalue weighted by Gasteiger charge is 2.33. The minimum absolute atomic E-state index is 0.0370. The van der Waals surface area contributed by atoms with Crippen LogP contribution in [0.3, 0.4) is 0 Å². The molecule has 1 N–H and O–H groups in total. The van der Waals surface area contributed by atoms with Gasteiger partial charge >= 0.3 is 0 Å². The third-order valence-electron chi connectivity index (χ3n) is 6.43. The van der Waals surface area contributed by atoms with E-state index in [4.69, 9.17) is 27.9 Å². The number of hydrogen-bond donors (Lipinski definition) is 1. The molecule has 3 aromatic carbocycles. The second-order valence-corrected chi connectivity index (χ2v) is 12.0. The smallest absolute Gasteiger partial charge is 0.264 e. The summed E-state index contributed by atoms with van der Waals surface area (Å²) in [6.07, 6.45) is 0.712. The van der Waals surface area contributed by atoms with Gasteiger partial charge in [-0.25, -0.2) is 8.42 Å². The number of methoxy groups -OCH3 is 1. The van der Waals surface area contributed by atoms with Crippen LogP contribution in [-0.2, 0) is 26.2 Å². The van der Waals surface area contributed by atoms with Gasteiger partial charge in [-0.1, -0.05) is 48.3 Å². The highest BCUT2D eigenvalue weighted by Crippen LogP contribution is 2.28. The normalized spacial score (nSPS) is 12.8. The van der Waals surface area contributed by atoms with Gasteiger partial charge in [0.05, 0.1) is 17.7 Å². The Labute approximate surface area is 245 Å². The highest BCUT2D eigenvalue weighted by atomic mass is 35.5. The van der Waals surface area contributed by atoms with Gasteiger partial charge in [0.1, 0.15) is 18.3 Å². The summed E-state index contributed by atoms with van der Waals surface area (Å²) in [5.74, 6) is -0.445. The molecular weight excluding hydrogens is 573 g/mol. The van der Waals surface area contributed by atoms with Gasteiger partial charge in [-0.3, -0.25) is 13.9 Å². The first-order valence-electron chi connectivity index (χ1n) is 12.7. The van der Waals surface area contributed by atoms with E-state index in [1.54, 1.807) is 49.4 Å². The van der Waals surface area contributed by atoms with Crippen molar-refractivity contribution in [2.75, 3.05) is 18.0 Å². The summed E-state index contributed by atoms with van der Waals surface area (Å²) in [7, 11) is -2.74. The van der Waals surface area contributed by atoms with Crippen LogP contribution in [0.15, 0.2) is 77.7 Å². The molecular formula is C29H33Cl2N3O5S. The summed E-state index contributed by atoms with van der Waals surface area (Å²) in [5.41, 5.74) is 0.896. The molecule has 2 unspecified atom stereocenters. The predicted molar refractivity (Wildman–Crippen MR) is 158 cm³/mol. The van der Waals surface area contributed by atoms with Gasteiger partial charge in [-0.05, 0) is 80.4 Å². The number of nitrogens with zero attached hydrogens (tertiary/aromatic N) is 2. The number of rotatable bonds is 12. The first kappa shape index (κ1) is 31.3. The number of amides is 2. The Balaban J connectivity index is 2.03. The first-order valence-corrected chi connectivity index (χ1v) is 14.9. The number of halogens is 2. The van der Waals surface area contributed by atoms with Crippen molar-refractivity contribution in [2.24, 2.45) is 0 Å². The van der Waals surface area contributed by atoms with Crippen LogP contribution in [0.2, 0.25) is 10.0 Å². The van der Waals surface area contributed by atoms with Crippen LogP contribution in [0.1, 0.15) is 32.8 Å². The quantitative estimate of drug-likeness (QED) is 0.293. The summed E-state index contributed by atoms with van der Waals surface area (Å²) >= 11 is 12.4. The SMILES string of the molecule is CCC(C)NC(=O)C(C)N(Cc1cccc(Cl)c1)C(=O)CN(c1cccc(Cl)c1)S(=O)(=O)c1ccc(OC)cc1. The Hall–Kier alpha value is -3.27. The average molecular weight is 607 g/mol. The van der Waals surface area contributed by atoms with Crippen LogP contribution in [-0.4, -0.2) is 50.9 Å². The number of sulfonamides is 1. The van der Waals surface area contributed by atoms with Crippen molar-refractivity contribution in [3.63, 3.8) is 0 Å². The molecule has 0 saturated heterocycles. The largest absolute Gasteiger partial charge is 0.497 e. The van der Waals surface area contributed by atoms with E-state index in [1.807, 2.05) is 13.8 Å². The Kier molecular flexibility index (Phi) is 10.8. The molecule has 0 fully saturated rings. The number of nitrogens with one attached hydrogen (secondary N) is 1. The van der Waals surface area contributed by atoms with Crippen molar-refractivity contribution in [3.8, 4) is 5.75 Å². The summed E-state index contributed by atoms with van der Waals surface area (Å²) < 4.78 is 33.9. The second kappa shape index (κ2) is 13.9. The molecule has 0 radical (unpaired) electrons. The van der Waals surface area contributed by atoms with E-state index >= 15 is 0 Å². The summed E-state index contributed by atoms with van der Waals surface area (Å²) in [6, 6.07) is 18.0. The van der Waals surface area contributed by atoms with Crippen molar-refractivity contribution >= 4 is 50.7 Å². The van der Waals surface area contributed by atoms with Gasteiger partial charge in [-0.15, -0.1) is 0 Å². The molecule has 0 saturated carbocycles. The molecule has 40 heavy (non-hydrogen) atoms. The number of carbonyl (C=O) groups excluding carboxylic acids is 2. The third-order valence-corrected chi connectivity index (χ3v) is 8.69. The number of ether oxygens (including phenoxy) is 1. The van der Waals surface area contributed by atoms with Crippen molar-refractivity contribution in [1.82, 2.24) is 10.2 Å². The molecule has 3 rings (SSSR count). The zero-order valence-electron chi connectivity index (χ0n) is 22.8. The summed E-state index contributed by atoms with van der Waals surface area (Å²) in [4.78, 5) is 28.4. The van der Waals surface area contributed by atoms with Crippen LogP contribution in [0.5, 0.6) is 5.75 Å². The lowest BCUT2D eigenvalue weighted by molar-refractivity contribution is -0.139. The molecule has 8 nitrogen and oxygen atoms in total. The number of hydrogen-bond acceptors (Lipinski definition) is 5. The summed E-state index contributed by atoms with van der Waals surface area (Å²) in [6.45, 7) is 4.89. The maximum atomic E-state index is 13.9. The lowest BCUT2D eigenvalue weighted by Gasteiger charge is -2.32. The van der Waals surface area contributed by atoms with Gasteiger partial charge in [0.2, 0.25) is 11.8 Å². The maximum Gasteiger partial charge on any atom is 0.264 e. The van der Waals surface area contributed by atoms with Gasteiger partial charge in [0.15, 0.2) is 0 Å². The molecule has 0 aromatic heterocycles. The molecule has 0 aliphatic rings. The molecule has 11 heteroatoms. The highest BCUT2D eigenvalue weighted by molar-refractivity contribution is 7.92. The van der Waals surface area contributed by atoms with Crippen molar-refractivity contribution in [1.29, 1.82) is 0 Å². The van der Waals surface area contributed by atoms with E-state index in [0.29, 0.717) is 27.8 Å². The molecule has 2 atom stereocenters. The Morgan fingerprint density at radius 2 is 1.57 bits per heavy atom. The summed E-state index contributed by atoms with van der Waals surface area (Å²) in [5, 5.41) is 3.68. The number of carbonyl (C=O) groups is 2. The molecule has 214 valence electrons. The van der Waals surface area contributed by atoms with Crippen molar-refractivity contribution < 1.29 is 22.7 Å². The minimum atomic E-state index is -4.22. The monoisotopic (exact) mass is 605 g/mol. The predicted octanol–water partition coefficient (Wildman–Crippen LogP) is 5.53. The van der Waals surface area contributed by atoms with Gasteiger partial charge in [-0.2, -0.15) is 0 Å². The van der Waals surface area contributed by atoms with E-state index < -0.39 is 28.5 Å². The molecule has 0 aliphatic heterocycles. The molecule has 3 aromatic rings. The van der Waals surface area contributed by atoms with Crippen molar-refractivity contribution in [2.45, 2.75) is 50.7 Å². The Bertz CT molecular complexity index is 1430. The fourth-order valence-electron chi connectivity index (χ4n) is 3.92. The second-order valence-electron chi connectivity index (χ2n) is 9.31. The average Bonchev–Trinajstić information content (AvgIpc) is 2.93. The van der Waals surface area contributed by atoms with Gasteiger partial charge in [0.25, 0.3) is 10.0 Å². The topological polar surface area (TPSA) is 96.0 Å². The van der Waals surface area contributed by atoms with Crippen molar-refractivity contribution in [3.05, 3.63) is 88.4 Å². The van der Waals surface area contributed by atoms with Gasteiger partial charge < -0.3 is 15.0 Å².